The lowest BCUT2D eigenvalue weighted by Crippen LogP contribution is -3.15. The number of rotatable bonds is 6. The Morgan fingerprint density at radius 3 is 2.30 bits per heavy atom. The van der Waals surface area contributed by atoms with Crippen LogP contribution in [0.15, 0.2) is 12.1 Å². The molecule has 1 saturated carbocycles. The van der Waals surface area contributed by atoms with Crippen LogP contribution in [0.2, 0.25) is 0 Å². The van der Waals surface area contributed by atoms with Crippen LogP contribution in [0.1, 0.15) is 36.5 Å². The van der Waals surface area contributed by atoms with Gasteiger partial charge < -0.3 is 15.5 Å². The van der Waals surface area contributed by atoms with Crippen LogP contribution in [0, 0.1) is 20.8 Å². The summed E-state index contributed by atoms with van der Waals surface area (Å²) < 4.78 is 0. The monoisotopic (exact) mass is 318 g/mol. The number of benzene rings is 1. The number of amides is 2. The first-order valence-corrected chi connectivity index (χ1v) is 8.28. The topological polar surface area (TPSA) is 62.6 Å². The van der Waals surface area contributed by atoms with Crippen molar-refractivity contribution in [3.8, 4) is 0 Å². The molecule has 1 aromatic rings. The number of anilines is 1. The first kappa shape index (κ1) is 17.5. The van der Waals surface area contributed by atoms with Gasteiger partial charge in [-0.1, -0.05) is 17.7 Å². The summed E-state index contributed by atoms with van der Waals surface area (Å²) in [6.07, 6.45) is 2.15. The van der Waals surface area contributed by atoms with Gasteiger partial charge in [-0.3, -0.25) is 9.59 Å². The van der Waals surface area contributed by atoms with Crippen molar-refractivity contribution in [3.05, 3.63) is 28.8 Å². The lowest BCUT2D eigenvalue weighted by Gasteiger charge is -2.21. The van der Waals surface area contributed by atoms with Crippen molar-refractivity contribution in [2.45, 2.75) is 52.6 Å². The van der Waals surface area contributed by atoms with E-state index in [9.17, 15) is 9.59 Å². The number of hydrogen-bond acceptors (Lipinski definition) is 2. The first-order chi connectivity index (χ1) is 10.8. The minimum Gasteiger partial charge on any atom is -0.348 e. The fourth-order valence-electron chi connectivity index (χ4n) is 2.74. The second-order valence-corrected chi connectivity index (χ2v) is 6.85. The lowest BCUT2D eigenvalue weighted by atomic mass is 10.1. The molecule has 2 rings (SSSR count). The summed E-state index contributed by atoms with van der Waals surface area (Å²) >= 11 is 0. The SMILES string of the molecule is Cc1cc(C)c(NC(=O)C[NH+](C)[C@H](C)C(=O)NC2CC2)c(C)c1. The Kier molecular flexibility index (Phi) is 5.42. The van der Waals surface area contributed by atoms with Gasteiger partial charge in [-0.2, -0.15) is 0 Å². The zero-order valence-corrected chi connectivity index (χ0v) is 14.7. The third-order valence-electron chi connectivity index (χ3n) is 4.44. The molecule has 2 atom stereocenters. The van der Waals surface area contributed by atoms with Crippen LogP contribution in [0.5, 0.6) is 0 Å². The summed E-state index contributed by atoms with van der Waals surface area (Å²) in [6, 6.07) is 4.24. The summed E-state index contributed by atoms with van der Waals surface area (Å²) in [5.74, 6) is -0.0378. The molecule has 126 valence electrons. The molecule has 0 aliphatic heterocycles. The fourth-order valence-corrected chi connectivity index (χ4v) is 2.74. The normalized spacial score (nSPS) is 16.6. The number of carbonyl (C=O) groups excluding carboxylic acids is 2. The highest BCUT2D eigenvalue weighted by atomic mass is 16.2. The Balaban J connectivity index is 1.92. The van der Waals surface area contributed by atoms with Crippen molar-refractivity contribution in [1.29, 1.82) is 0 Å². The summed E-state index contributed by atoms with van der Waals surface area (Å²) in [6.45, 7) is 8.17. The Bertz CT molecular complexity index is 585. The molecule has 0 radical (unpaired) electrons. The average Bonchev–Trinajstić information content (AvgIpc) is 3.25. The van der Waals surface area contributed by atoms with Gasteiger partial charge in [-0.15, -0.1) is 0 Å². The van der Waals surface area contributed by atoms with Crippen LogP contribution in [-0.4, -0.2) is 37.5 Å². The standard InChI is InChI=1S/C18H27N3O2/c1-11-8-12(2)17(13(3)9-11)20-16(22)10-21(5)14(4)18(23)19-15-6-7-15/h8-9,14-15H,6-7,10H2,1-5H3,(H,19,23)(H,20,22)/p+1/t14-/m1/s1. The van der Waals surface area contributed by atoms with E-state index in [0.717, 1.165) is 34.6 Å². The maximum Gasteiger partial charge on any atom is 0.279 e. The average molecular weight is 318 g/mol. The first-order valence-electron chi connectivity index (χ1n) is 8.28. The van der Waals surface area contributed by atoms with Crippen LogP contribution >= 0.6 is 0 Å². The summed E-state index contributed by atoms with van der Waals surface area (Å²) in [7, 11) is 1.88. The highest BCUT2D eigenvalue weighted by molar-refractivity contribution is 5.93. The van der Waals surface area contributed by atoms with Crippen molar-refractivity contribution in [2.75, 3.05) is 18.9 Å². The maximum absolute atomic E-state index is 12.3. The van der Waals surface area contributed by atoms with Gasteiger partial charge in [0, 0.05) is 11.7 Å². The molecule has 0 spiro atoms. The predicted octanol–water partition coefficient (Wildman–Crippen LogP) is 0.732. The van der Waals surface area contributed by atoms with E-state index in [2.05, 4.69) is 22.8 Å². The molecule has 3 N–H and O–H groups in total. The largest absolute Gasteiger partial charge is 0.348 e. The molecule has 1 aliphatic rings. The Hall–Kier alpha value is -1.88. The molecule has 2 amide bonds. The van der Waals surface area contributed by atoms with E-state index in [0.29, 0.717) is 6.04 Å². The van der Waals surface area contributed by atoms with Crippen LogP contribution in [0.4, 0.5) is 5.69 Å². The quantitative estimate of drug-likeness (QED) is 0.724. The molecular formula is C18H28N3O2+. The molecule has 0 bridgehead atoms. The minimum absolute atomic E-state index is 0.0282. The number of nitrogens with one attached hydrogen (secondary N) is 3. The van der Waals surface area contributed by atoms with Crippen LogP contribution in [-0.2, 0) is 9.59 Å². The smallest absolute Gasteiger partial charge is 0.279 e. The third kappa shape index (κ3) is 4.79. The van der Waals surface area contributed by atoms with E-state index >= 15 is 0 Å². The highest BCUT2D eigenvalue weighted by Gasteiger charge is 2.29. The number of aryl methyl sites for hydroxylation is 3. The molecule has 5 nitrogen and oxygen atoms in total. The predicted molar refractivity (Wildman–Crippen MR) is 91.7 cm³/mol. The molecule has 0 aromatic heterocycles. The van der Waals surface area contributed by atoms with Crippen molar-refractivity contribution in [3.63, 3.8) is 0 Å². The Morgan fingerprint density at radius 2 is 1.78 bits per heavy atom. The number of quaternary nitrogens is 1. The van der Waals surface area contributed by atoms with E-state index in [-0.39, 0.29) is 24.4 Å². The van der Waals surface area contributed by atoms with Gasteiger partial charge in [0.2, 0.25) is 0 Å². The minimum atomic E-state index is -0.235. The zero-order valence-electron chi connectivity index (χ0n) is 14.7. The molecular weight excluding hydrogens is 290 g/mol. The number of hydrogen-bond donors (Lipinski definition) is 3. The molecule has 1 fully saturated rings. The zero-order chi connectivity index (χ0) is 17.1. The van der Waals surface area contributed by atoms with E-state index in [4.69, 9.17) is 0 Å². The Labute approximate surface area is 138 Å². The van der Waals surface area contributed by atoms with Gasteiger partial charge >= 0.3 is 0 Å². The van der Waals surface area contributed by atoms with Crippen molar-refractivity contribution >= 4 is 17.5 Å². The van der Waals surface area contributed by atoms with Crippen molar-refractivity contribution in [1.82, 2.24) is 5.32 Å². The molecule has 1 aromatic carbocycles. The van der Waals surface area contributed by atoms with Gasteiger partial charge in [0.25, 0.3) is 11.8 Å². The second-order valence-electron chi connectivity index (χ2n) is 6.85. The van der Waals surface area contributed by atoms with E-state index in [1.165, 1.54) is 5.56 Å². The summed E-state index contributed by atoms with van der Waals surface area (Å²) in [5.41, 5.74) is 4.19. The van der Waals surface area contributed by atoms with Crippen molar-refractivity contribution < 1.29 is 14.5 Å². The molecule has 23 heavy (non-hydrogen) atoms. The van der Waals surface area contributed by atoms with Crippen LogP contribution < -0.4 is 15.5 Å². The van der Waals surface area contributed by atoms with E-state index in [1.807, 2.05) is 34.7 Å². The summed E-state index contributed by atoms with van der Waals surface area (Å²) in [5, 5.41) is 5.98. The molecule has 1 aliphatic carbocycles. The fraction of sp³-hybridized carbons (Fsp3) is 0.556. The molecule has 1 unspecified atom stereocenters. The highest BCUT2D eigenvalue weighted by Crippen LogP contribution is 2.21. The Morgan fingerprint density at radius 1 is 1.22 bits per heavy atom. The van der Waals surface area contributed by atoms with E-state index < -0.39 is 0 Å². The third-order valence-corrected chi connectivity index (χ3v) is 4.44. The lowest BCUT2D eigenvalue weighted by molar-refractivity contribution is -0.885. The van der Waals surface area contributed by atoms with E-state index in [1.54, 1.807) is 0 Å². The van der Waals surface area contributed by atoms with Crippen LogP contribution in [0.25, 0.3) is 0 Å². The summed E-state index contributed by atoms with van der Waals surface area (Å²) in [4.78, 5) is 25.3. The molecule has 0 saturated heterocycles. The van der Waals surface area contributed by atoms with Crippen molar-refractivity contribution in [2.24, 2.45) is 0 Å². The van der Waals surface area contributed by atoms with Gasteiger partial charge in [0.05, 0.1) is 7.05 Å². The van der Waals surface area contributed by atoms with Gasteiger partial charge in [0.1, 0.15) is 0 Å². The maximum atomic E-state index is 12.3. The second kappa shape index (κ2) is 7.13. The molecule has 0 heterocycles. The molecule has 5 heteroatoms. The van der Waals surface area contributed by atoms with Gasteiger partial charge in [-0.25, -0.2) is 0 Å². The van der Waals surface area contributed by atoms with Gasteiger partial charge in [0.15, 0.2) is 12.6 Å². The van der Waals surface area contributed by atoms with Crippen LogP contribution in [0.3, 0.4) is 0 Å². The number of carbonyl (C=O) groups is 2. The van der Waals surface area contributed by atoms with Gasteiger partial charge in [-0.05, 0) is 51.7 Å². The number of likely N-dealkylation sites (N-methyl/N-ethyl adjacent to an activating group) is 1.